The smallest absolute Gasteiger partial charge is 0.226 e. The lowest BCUT2D eigenvalue weighted by Crippen LogP contribution is -2.04. The zero-order valence-electron chi connectivity index (χ0n) is 11.8. The van der Waals surface area contributed by atoms with Gasteiger partial charge in [-0.15, -0.1) is 11.3 Å². The van der Waals surface area contributed by atoms with Gasteiger partial charge in [0.05, 0.1) is 5.39 Å². The average Bonchev–Trinajstić information content (AvgIpc) is 2.80. The summed E-state index contributed by atoms with van der Waals surface area (Å²) in [6.45, 7) is 4.88. The van der Waals surface area contributed by atoms with Gasteiger partial charge in [0.25, 0.3) is 0 Å². The predicted octanol–water partition coefficient (Wildman–Crippen LogP) is 4.83. The van der Waals surface area contributed by atoms with Crippen molar-refractivity contribution in [2.24, 2.45) is 0 Å². The van der Waals surface area contributed by atoms with E-state index in [1.807, 2.05) is 31.2 Å². The largest absolute Gasteiger partial charge is 0.354 e. The molecule has 0 radical (unpaired) electrons. The third-order valence-corrected chi connectivity index (χ3v) is 4.12. The number of halogens is 1. The van der Waals surface area contributed by atoms with E-state index in [0.717, 1.165) is 28.3 Å². The number of aromatic nitrogens is 2. The molecule has 2 aromatic heterocycles. The van der Waals surface area contributed by atoms with Crippen LogP contribution >= 0.6 is 22.9 Å². The molecule has 0 bridgehead atoms. The summed E-state index contributed by atoms with van der Waals surface area (Å²) >= 11 is 7.69. The Morgan fingerprint density at radius 3 is 2.86 bits per heavy atom. The minimum atomic E-state index is 0.636. The third kappa shape index (κ3) is 3.09. The van der Waals surface area contributed by atoms with Gasteiger partial charge in [-0.05, 0) is 38.1 Å². The molecule has 2 heterocycles. The minimum Gasteiger partial charge on any atom is -0.354 e. The van der Waals surface area contributed by atoms with Crippen LogP contribution in [0.5, 0.6) is 0 Å². The van der Waals surface area contributed by atoms with Crippen molar-refractivity contribution < 1.29 is 0 Å². The zero-order chi connectivity index (χ0) is 14.8. The number of anilines is 3. The lowest BCUT2D eigenvalue weighted by molar-refractivity contribution is 1.11. The minimum absolute atomic E-state index is 0.636. The van der Waals surface area contributed by atoms with Crippen LogP contribution in [-0.4, -0.2) is 16.5 Å². The van der Waals surface area contributed by atoms with Crippen molar-refractivity contribution in [3.63, 3.8) is 0 Å². The summed E-state index contributed by atoms with van der Waals surface area (Å²) in [6, 6.07) is 9.70. The molecule has 3 rings (SSSR count). The Morgan fingerprint density at radius 2 is 2.10 bits per heavy atom. The SMILES string of the molecule is CCNc1nc(Nc2cccc(Cl)c2)c2cc(C)sc2n1. The van der Waals surface area contributed by atoms with Crippen LogP contribution in [0.25, 0.3) is 10.2 Å². The van der Waals surface area contributed by atoms with Crippen molar-refractivity contribution in [2.75, 3.05) is 17.2 Å². The second kappa shape index (κ2) is 5.87. The molecular weight excluding hydrogens is 304 g/mol. The second-order valence-electron chi connectivity index (χ2n) is 4.64. The molecule has 2 N–H and O–H groups in total. The fourth-order valence-corrected chi connectivity index (χ4v) is 3.15. The van der Waals surface area contributed by atoms with Crippen LogP contribution < -0.4 is 10.6 Å². The summed E-state index contributed by atoms with van der Waals surface area (Å²) in [6.07, 6.45) is 0. The van der Waals surface area contributed by atoms with Crippen LogP contribution in [0.15, 0.2) is 30.3 Å². The van der Waals surface area contributed by atoms with Gasteiger partial charge in [0.15, 0.2) is 0 Å². The molecule has 108 valence electrons. The highest BCUT2D eigenvalue weighted by molar-refractivity contribution is 7.18. The number of nitrogens with zero attached hydrogens (tertiary/aromatic N) is 2. The average molecular weight is 319 g/mol. The van der Waals surface area contributed by atoms with E-state index in [9.17, 15) is 0 Å². The quantitative estimate of drug-likeness (QED) is 0.723. The zero-order valence-corrected chi connectivity index (χ0v) is 13.3. The summed E-state index contributed by atoms with van der Waals surface area (Å²) in [5.74, 6) is 1.43. The van der Waals surface area contributed by atoms with Gasteiger partial charge in [-0.1, -0.05) is 17.7 Å². The molecule has 0 aliphatic heterocycles. The topological polar surface area (TPSA) is 49.8 Å². The summed E-state index contributed by atoms with van der Waals surface area (Å²) in [5.41, 5.74) is 0.911. The lowest BCUT2D eigenvalue weighted by Gasteiger charge is -2.09. The highest BCUT2D eigenvalue weighted by Gasteiger charge is 2.10. The van der Waals surface area contributed by atoms with Gasteiger partial charge in [-0.25, -0.2) is 4.98 Å². The molecule has 0 unspecified atom stereocenters. The Kier molecular flexibility index (Phi) is 3.94. The molecule has 0 spiro atoms. The van der Waals surface area contributed by atoms with Crippen LogP contribution in [0.1, 0.15) is 11.8 Å². The normalized spacial score (nSPS) is 10.8. The summed E-state index contributed by atoms with van der Waals surface area (Å²) in [4.78, 5) is 11.3. The first kappa shape index (κ1) is 14.1. The first-order valence-corrected chi connectivity index (χ1v) is 7.90. The molecule has 0 saturated heterocycles. The molecule has 3 aromatic rings. The summed E-state index contributed by atoms with van der Waals surface area (Å²) < 4.78 is 0. The number of benzene rings is 1. The van der Waals surface area contributed by atoms with Crippen LogP contribution in [0, 0.1) is 6.92 Å². The Hall–Kier alpha value is -1.85. The Balaban J connectivity index is 2.06. The van der Waals surface area contributed by atoms with Gasteiger partial charge in [-0.2, -0.15) is 4.98 Å². The van der Waals surface area contributed by atoms with Gasteiger partial charge in [0, 0.05) is 22.1 Å². The van der Waals surface area contributed by atoms with Gasteiger partial charge in [0.2, 0.25) is 5.95 Å². The van der Waals surface area contributed by atoms with Crippen molar-refractivity contribution in [1.29, 1.82) is 0 Å². The highest BCUT2D eigenvalue weighted by atomic mass is 35.5. The van der Waals surface area contributed by atoms with Crippen molar-refractivity contribution >= 4 is 50.6 Å². The number of nitrogens with one attached hydrogen (secondary N) is 2. The van der Waals surface area contributed by atoms with Crippen LogP contribution in [0.2, 0.25) is 5.02 Å². The fourth-order valence-electron chi connectivity index (χ4n) is 2.08. The fraction of sp³-hybridized carbons (Fsp3) is 0.200. The number of fused-ring (bicyclic) bond motifs is 1. The van der Waals surface area contributed by atoms with E-state index in [-0.39, 0.29) is 0 Å². The number of hydrogen-bond acceptors (Lipinski definition) is 5. The van der Waals surface area contributed by atoms with Crippen molar-refractivity contribution in [3.05, 3.63) is 40.2 Å². The monoisotopic (exact) mass is 318 g/mol. The van der Waals surface area contributed by atoms with Crippen LogP contribution in [-0.2, 0) is 0 Å². The van der Waals surface area contributed by atoms with Crippen molar-refractivity contribution in [1.82, 2.24) is 9.97 Å². The lowest BCUT2D eigenvalue weighted by atomic mass is 10.3. The van der Waals surface area contributed by atoms with E-state index in [0.29, 0.717) is 11.0 Å². The Labute approximate surface area is 132 Å². The molecule has 6 heteroatoms. The van der Waals surface area contributed by atoms with E-state index < -0.39 is 0 Å². The summed E-state index contributed by atoms with van der Waals surface area (Å²) in [7, 11) is 0. The standard InChI is InChI=1S/C15H15ClN4S/c1-3-17-15-19-13(12-7-9(2)21-14(12)20-15)18-11-6-4-5-10(16)8-11/h4-8H,3H2,1-2H3,(H2,17,18,19,20). The summed E-state index contributed by atoms with van der Waals surface area (Å²) in [5, 5.41) is 8.22. The van der Waals surface area contributed by atoms with E-state index >= 15 is 0 Å². The third-order valence-electron chi connectivity index (χ3n) is 2.94. The number of aryl methyl sites for hydroxylation is 1. The number of rotatable bonds is 4. The van der Waals surface area contributed by atoms with Crippen molar-refractivity contribution in [3.8, 4) is 0 Å². The molecule has 1 aromatic carbocycles. The van der Waals surface area contributed by atoms with Gasteiger partial charge in [0.1, 0.15) is 10.6 Å². The first-order chi connectivity index (χ1) is 10.2. The highest BCUT2D eigenvalue weighted by Crippen LogP contribution is 2.31. The van der Waals surface area contributed by atoms with Gasteiger partial charge < -0.3 is 10.6 Å². The number of hydrogen-bond donors (Lipinski definition) is 2. The maximum atomic E-state index is 6.03. The molecule has 21 heavy (non-hydrogen) atoms. The van der Waals surface area contributed by atoms with Gasteiger partial charge in [-0.3, -0.25) is 0 Å². The van der Waals surface area contributed by atoms with E-state index in [1.165, 1.54) is 4.88 Å². The molecule has 0 aliphatic carbocycles. The number of thiophene rings is 1. The van der Waals surface area contributed by atoms with E-state index in [2.05, 4.69) is 33.6 Å². The first-order valence-electron chi connectivity index (χ1n) is 6.70. The maximum Gasteiger partial charge on any atom is 0.226 e. The Morgan fingerprint density at radius 1 is 1.24 bits per heavy atom. The molecule has 0 aliphatic rings. The molecule has 4 nitrogen and oxygen atoms in total. The molecule has 0 amide bonds. The molecule has 0 fully saturated rings. The molecule has 0 atom stereocenters. The van der Waals surface area contributed by atoms with Crippen LogP contribution in [0.3, 0.4) is 0 Å². The molecule has 0 saturated carbocycles. The van der Waals surface area contributed by atoms with Gasteiger partial charge >= 0.3 is 0 Å². The van der Waals surface area contributed by atoms with E-state index in [4.69, 9.17) is 11.6 Å². The predicted molar refractivity (Wildman–Crippen MR) is 91.1 cm³/mol. The van der Waals surface area contributed by atoms with E-state index in [1.54, 1.807) is 11.3 Å². The van der Waals surface area contributed by atoms with Crippen molar-refractivity contribution in [2.45, 2.75) is 13.8 Å². The maximum absolute atomic E-state index is 6.03. The second-order valence-corrected chi connectivity index (χ2v) is 6.31. The molecular formula is C15H15ClN4S. The van der Waals surface area contributed by atoms with Crippen LogP contribution in [0.4, 0.5) is 17.5 Å². The Bertz CT molecular complexity index is 784.